The van der Waals surface area contributed by atoms with Crippen molar-refractivity contribution < 1.29 is 9.18 Å². The molecule has 2 rings (SSSR count). The molecule has 0 aromatic heterocycles. The highest BCUT2D eigenvalue weighted by atomic mass is 19.1. The third-order valence-corrected chi connectivity index (χ3v) is 4.26. The second kappa shape index (κ2) is 6.92. The molecule has 4 heteroatoms. The molecule has 3 nitrogen and oxygen atoms in total. The average Bonchev–Trinajstić information content (AvgIpc) is 2.95. The minimum atomic E-state index is -0.518. The van der Waals surface area contributed by atoms with Gasteiger partial charge in [-0.3, -0.25) is 4.79 Å². The molecule has 0 saturated heterocycles. The Hall–Kier alpha value is -1.58. The highest BCUT2D eigenvalue weighted by molar-refractivity contribution is 5.99. The van der Waals surface area contributed by atoms with E-state index in [1.807, 2.05) is 4.90 Å². The molecule has 0 spiro atoms. The van der Waals surface area contributed by atoms with Crippen LogP contribution in [-0.4, -0.2) is 23.4 Å². The maximum Gasteiger partial charge on any atom is 0.256 e. The third kappa shape index (κ3) is 3.74. The van der Waals surface area contributed by atoms with Crippen LogP contribution >= 0.6 is 0 Å². The van der Waals surface area contributed by atoms with Crippen molar-refractivity contribution in [3.63, 3.8) is 0 Å². The third-order valence-electron chi connectivity index (χ3n) is 4.26. The van der Waals surface area contributed by atoms with Crippen LogP contribution in [0.1, 0.15) is 56.3 Å². The number of benzene rings is 1. The van der Waals surface area contributed by atoms with Gasteiger partial charge in [0.2, 0.25) is 0 Å². The van der Waals surface area contributed by atoms with E-state index in [-0.39, 0.29) is 17.6 Å². The molecule has 1 aliphatic rings. The van der Waals surface area contributed by atoms with Gasteiger partial charge in [0, 0.05) is 12.6 Å². The van der Waals surface area contributed by atoms with Gasteiger partial charge in [-0.25, -0.2) is 4.39 Å². The van der Waals surface area contributed by atoms with Gasteiger partial charge in [0.25, 0.3) is 5.91 Å². The zero-order valence-electron chi connectivity index (χ0n) is 12.9. The zero-order valence-corrected chi connectivity index (χ0v) is 12.9. The summed E-state index contributed by atoms with van der Waals surface area (Å²) in [5.74, 6) is -0.109. The predicted octanol–water partition coefficient (Wildman–Crippen LogP) is 3.84. The van der Waals surface area contributed by atoms with Crippen LogP contribution in [-0.2, 0) is 0 Å². The van der Waals surface area contributed by atoms with E-state index in [2.05, 4.69) is 13.8 Å². The molecule has 2 N–H and O–H groups in total. The Morgan fingerprint density at radius 2 is 2.05 bits per heavy atom. The number of amides is 1. The standard InChI is InChI=1S/C17H25FN2O/c1-12(2)10-11-20(13-6-3-4-7-13)17(21)14-8-5-9-15(18)16(14)19/h5,8-9,12-13H,3-4,6-7,10-11,19H2,1-2H3. The molecule has 1 aromatic carbocycles. The number of rotatable bonds is 5. The maximum atomic E-state index is 13.6. The van der Waals surface area contributed by atoms with E-state index in [1.165, 1.54) is 6.07 Å². The summed E-state index contributed by atoms with van der Waals surface area (Å²) >= 11 is 0. The van der Waals surface area contributed by atoms with Crippen molar-refractivity contribution in [1.82, 2.24) is 4.90 Å². The summed E-state index contributed by atoms with van der Waals surface area (Å²) < 4.78 is 13.6. The first-order chi connectivity index (χ1) is 10.0. The Balaban J connectivity index is 2.22. The van der Waals surface area contributed by atoms with E-state index >= 15 is 0 Å². The molecule has 1 fully saturated rings. The summed E-state index contributed by atoms with van der Waals surface area (Å²) in [6.45, 7) is 5.01. The van der Waals surface area contributed by atoms with Crippen molar-refractivity contribution in [2.45, 2.75) is 52.0 Å². The Bertz CT molecular complexity index is 496. The predicted molar refractivity (Wildman–Crippen MR) is 83.6 cm³/mol. The van der Waals surface area contributed by atoms with E-state index in [0.29, 0.717) is 11.5 Å². The number of nitrogen functional groups attached to an aromatic ring is 1. The van der Waals surface area contributed by atoms with Crippen molar-refractivity contribution >= 4 is 11.6 Å². The van der Waals surface area contributed by atoms with Crippen LogP contribution in [0.5, 0.6) is 0 Å². The first-order valence-corrected chi connectivity index (χ1v) is 7.85. The fourth-order valence-corrected chi connectivity index (χ4v) is 2.94. The number of halogens is 1. The molecule has 1 aromatic rings. The van der Waals surface area contributed by atoms with Crippen molar-refractivity contribution in [1.29, 1.82) is 0 Å². The molecule has 1 amide bonds. The fraction of sp³-hybridized carbons (Fsp3) is 0.588. The highest BCUT2D eigenvalue weighted by Crippen LogP contribution is 2.27. The lowest BCUT2D eigenvalue weighted by Crippen LogP contribution is -2.40. The maximum absolute atomic E-state index is 13.6. The molecule has 21 heavy (non-hydrogen) atoms. The second-order valence-corrected chi connectivity index (χ2v) is 6.32. The Morgan fingerprint density at radius 1 is 1.38 bits per heavy atom. The lowest BCUT2D eigenvalue weighted by atomic mass is 10.1. The first-order valence-electron chi connectivity index (χ1n) is 7.85. The summed E-state index contributed by atoms with van der Waals surface area (Å²) in [6, 6.07) is 4.74. The number of nitrogens with zero attached hydrogens (tertiary/aromatic N) is 1. The molecule has 0 atom stereocenters. The first kappa shape index (κ1) is 15.8. The molecule has 1 saturated carbocycles. The summed E-state index contributed by atoms with van der Waals surface area (Å²) in [4.78, 5) is 14.7. The molecule has 0 radical (unpaired) electrons. The SMILES string of the molecule is CC(C)CCN(C(=O)c1cccc(F)c1N)C1CCCC1. The van der Waals surface area contributed by atoms with Crippen molar-refractivity contribution in [2.75, 3.05) is 12.3 Å². The van der Waals surface area contributed by atoms with Gasteiger partial charge in [0.15, 0.2) is 0 Å². The molecule has 0 aliphatic heterocycles. The summed E-state index contributed by atoms with van der Waals surface area (Å²) in [6.07, 6.45) is 5.36. The molecular formula is C17H25FN2O. The molecule has 0 unspecified atom stereocenters. The summed E-state index contributed by atoms with van der Waals surface area (Å²) in [5.41, 5.74) is 6.02. The zero-order chi connectivity index (χ0) is 15.4. The number of carbonyl (C=O) groups is 1. The van der Waals surface area contributed by atoms with Gasteiger partial charge < -0.3 is 10.6 Å². The van der Waals surface area contributed by atoms with Crippen LogP contribution in [0.25, 0.3) is 0 Å². The Labute approximate surface area is 126 Å². The van der Waals surface area contributed by atoms with Crippen molar-refractivity contribution in [3.05, 3.63) is 29.6 Å². The molecule has 1 aliphatic carbocycles. The number of para-hydroxylation sites is 1. The van der Waals surface area contributed by atoms with Gasteiger partial charge in [0.05, 0.1) is 11.3 Å². The van der Waals surface area contributed by atoms with Gasteiger partial charge in [-0.2, -0.15) is 0 Å². The monoisotopic (exact) mass is 292 g/mol. The van der Waals surface area contributed by atoms with Gasteiger partial charge in [-0.05, 0) is 37.3 Å². The van der Waals surface area contributed by atoms with Crippen LogP contribution in [0.2, 0.25) is 0 Å². The van der Waals surface area contributed by atoms with Crippen LogP contribution in [0, 0.1) is 11.7 Å². The van der Waals surface area contributed by atoms with E-state index in [9.17, 15) is 9.18 Å². The number of anilines is 1. The quantitative estimate of drug-likeness (QED) is 0.838. The normalized spacial score (nSPS) is 15.6. The molecule has 116 valence electrons. The molecule has 0 heterocycles. The number of carbonyl (C=O) groups excluding carboxylic acids is 1. The fourth-order valence-electron chi connectivity index (χ4n) is 2.94. The molecular weight excluding hydrogens is 267 g/mol. The summed E-state index contributed by atoms with van der Waals surface area (Å²) in [5, 5.41) is 0. The van der Waals surface area contributed by atoms with E-state index in [1.54, 1.807) is 12.1 Å². The van der Waals surface area contributed by atoms with Crippen molar-refractivity contribution in [2.24, 2.45) is 5.92 Å². The van der Waals surface area contributed by atoms with Crippen LogP contribution in [0.4, 0.5) is 10.1 Å². The number of nitrogens with two attached hydrogens (primary N) is 1. The highest BCUT2D eigenvalue weighted by Gasteiger charge is 2.28. The largest absolute Gasteiger partial charge is 0.396 e. The second-order valence-electron chi connectivity index (χ2n) is 6.32. The topological polar surface area (TPSA) is 46.3 Å². The van der Waals surface area contributed by atoms with Crippen LogP contribution in [0.3, 0.4) is 0 Å². The van der Waals surface area contributed by atoms with Gasteiger partial charge in [0.1, 0.15) is 5.82 Å². The minimum absolute atomic E-state index is 0.0324. The lowest BCUT2D eigenvalue weighted by Gasteiger charge is -2.30. The van der Waals surface area contributed by atoms with Gasteiger partial charge in [-0.1, -0.05) is 32.8 Å². The Kier molecular flexibility index (Phi) is 5.21. The van der Waals surface area contributed by atoms with Crippen molar-refractivity contribution in [3.8, 4) is 0 Å². The van der Waals surface area contributed by atoms with E-state index < -0.39 is 5.82 Å². The van der Waals surface area contributed by atoms with Gasteiger partial charge >= 0.3 is 0 Å². The van der Waals surface area contributed by atoms with E-state index in [0.717, 1.165) is 38.6 Å². The lowest BCUT2D eigenvalue weighted by molar-refractivity contribution is 0.0672. The van der Waals surface area contributed by atoms with Gasteiger partial charge in [-0.15, -0.1) is 0 Å². The smallest absolute Gasteiger partial charge is 0.256 e. The van der Waals surface area contributed by atoms with Crippen LogP contribution in [0.15, 0.2) is 18.2 Å². The summed E-state index contributed by atoms with van der Waals surface area (Å²) in [7, 11) is 0. The average molecular weight is 292 g/mol. The van der Waals surface area contributed by atoms with Crippen LogP contribution < -0.4 is 5.73 Å². The minimum Gasteiger partial charge on any atom is -0.396 e. The Morgan fingerprint density at radius 3 is 2.67 bits per heavy atom. The van der Waals surface area contributed by atoms with E-state index in [4.69, 9.17) is 5.73 Å². The number of hydrogen-bond donors (Lipinski definition) is 1. The number of hydrogen-bond acceptors (Lipinski definition) is 2. The molecule has 0 bridgehead atoms.